The fourth-order valence-electron chi connectivity index (χ4n) is 1.90. The fourth-order valence-corrected chi connectivity index (χ4v) is 3.08. The van der Waals surface area contributed by atoms with E-state index < -0.39 is 11.9 Å². The number of fused-ring (bicyclic) bond motifs is 1. The molecule has 0 amide bonds. The number of benzene rings is 2. The summed E-state index contributed by atoms with van der Waals surface area (Å²) < 4.78 is 10.3. The molecular formula is C16H8Cl4O4. The van der Waals surface area contributed by atoms with Gasteiger partial charge in [0.1, 0.15) is 0 Å². The first-order chi connectivity index (χ1) is 11.3. The summed E-state index contributed by atoms with van der Waals surface area (Å²) in [6, 6.07) is 2.63. The monoisotopic (exact) mass is 404 g/mol. The van der Waals surface area contributed by atoms with Gasteiger partial charge in [-0.1, -0.05) is 59.6 Å². The summed E-state index contributed by atoms with van der Waals surface area (Å²) in [4.78, 5) is 23.1. The average molecular weight is 406 g/mol. The molecule has 0 aliphatic rings. The van der Waals surface area contributed by atoms with Crippen LogP contribution in [0.15, 0.2) is 37.4 Å². The third-order valence-electron chi connectivity index (χ3n) is 2.86. The highest BCUT2D eigenvalue weighted by Gasteiger charge is 2.23. The standard InChI is InChI=1S/C16H8Cl4O4/c1-3-11(21)23-15-9(19)5-8(18)14-13(15)7(17)6-10(20)16(14)24-12(22)4-2/h3-6H,1-2H2. The van der Waals surface area contributed by atoms with Crippen LogP contribution in [0.1, 0.15) is 0 Å². The molecular weight excluding hydrogens is 398 g/mol. The number of ether oxygens (including phenoxy) is 2. The lowest BCUT2D eigenvalue weighted by atomic mass is 10.1. The molecule has 0 spiro atoms. The normalized spacial score (nSPS) is 10.3. The first kappa shape index (κ1) is 18.6. The summed E-state index contributed by atoms with van der Waals surface area (Å²) in [6.45, 7) is 6.62. The summed E-state index contributed by atoms with van der Waals surface area (Å²) in [5.74, 6) is -1.62. The molecule has 0 unspecified atom stereocenters. The molecule has 0 bridgehead atoms. The Hall–Kier alpha value is -1.72. The molecule has 0 aliphatic heterocycles. The Bertz CT molecular complexity index is 817. The minimum Gasteiger partial charge on any atom is -0.421 e. The van der Waals surface area contributed by atoms with Crippen LogP contribution >= 0.6 is 46.4 Å². The Kier molecular flexibility index (Phi) is 5.78. The number of carbonyl (C=O) groups excluding carboxylic acids is 2. The molecule has 0 atom stereocenters. The Balaban J connectivity index is 2.88. The first-order valence-electron chi connectivity index (χ1n) is 6.28. The molecule has 0 saturated carbocycles. The lowest BCUT2D eigenvalue weighted by Crippen LogP contribution is -2.07. The number of carbonyl (C=O) groups is 2. The summed E-state index contributed by atoms with van der Waals surface area (Å²) in [7, 11) is 0. The predicted octanol–water partition coefficient (Wildman–Crippen LogP) is 5.64. The van der Waals surface area contributed by atoms with Gasteiger partial charge in [-0.25, -0.2) is 9.59 Å². The van der Waals surface area contributed by atoms with Crippen molar-refractivity contribution in [2.24, 2.45) is 0 Å². The SMILES string of the molecule is C=CC(=O)Oc1c(Cl)cc(Cl)c2c(OC(=O)C=C)c(Cl)cc(Cl)c12. The molecule has 0 radical (unpaired) electrons. The second kappa shape index (κ2) is 7.45. The van der Waals surface area contributed by atoms with Crippen molar-refractivity contribution in [3.8, 4) is 11.5 Å². The van der Waals surface area contributed by atoms with Crippen molar-refractivity contribution in [3.63, 3.8) is 0 Å². The Morgan fingerprint density at radius 3 is 1.38 bits per heavy atom. The van der Waals surface area contributed by atoms with Crippen molar-refractivity contribution in [1.29, 1.82) is 0 Å². The van der Waals surface area contributed by atoms with E-state index in [9.17, 15) is 9.59 Å². The van der Waals surface area contributed by atoms with Gasteiger partial charge in [-0.05, 0) is 12.1 Å². The van der Waals surface area contributed by atoms with Crippen molar-refractivity contribution in [2.45, 2.75) is 0 Å². The average Bonchev–Trinajstić information content (AvgIpc) is 2.53. The maximum Gasteiger partial charge on any atom is 0.335 e. The second-order valence-electron chi connectivity index (χ2n) is 4.34. The van der Waals surface area contributed by atoms with E-state index in [-0.39, 0.29) is 42.4 Å². The molecule has 0 heterocycles. The second-order valence-corrected chi connectivity index (χ2v) is 5.97. The zero-order chi connectivity index (χ0) is 18.0. The van der Waals surface area contributed by atoms with Gasteiger partial charge in [0.25, 0.3) is 0 Å². The van der Waals surface area contributed by atoms with Crippen LogP contribution in [0.2, 0.25) is 20.1 Å². The maximum atomic E-state index is 11.5. The summed E-state index contributed by atoms with van der Waals surface area (Å²) in [6.07, 6.45) is 1.92. The van der Waals surface area contributed by atoms with E-state index in [2.05, 4.69) is 13.2 Å². The molecule has 0 aromatic heterocycles. The smallest absolute Gasteiger partial charge is 0.335 e. The lowest BCUT2D eigenvalue weighted by molar-refractivity contribution is -0.129. The number of rotatable bonds is 4. The zero-order valence-electron chi connectivity index (χ0n) is 11.9. The van der Waals surface area contributed by atoms with E-state index >= 15 is 0 Å². The predicted molar refractivity (Wildman–Crippen MR) is 95.7 cm³/mol. The number of hydrogen-bond donors (Lipinski definition) is 0. The van der Waals surface area contributed by atoms with Gasteiger partial charge in [0.15, 0.2) is 11.5 Å². The topological polar surface area (TPSA) is 52.6 Å². The van der Waals surface area contributed by atoms with Gasteiger partial charge >= 0.3 is 11.9 Å². The Morgan fingerprint density at radius 1 is 0.750 bits per heavy atom. The van der Waals surface area contributed by atoms with E-state index in [1.165, 1.54) is 12.1 Å². The van der Waals surface area contributed by atoms with Gasteiger partial charge in [-0.2, -0.15) is 0 Å². The lowest BCUT2D eigenvalue weighted by Gasteiger charge is -2.15. The first-order valence-corrected chi connectivity index (χ1v) is 7.79. The Labute approximate surface area is 157 Å². The largest absolute Gasteiger partial charge is 0.421 e. The van der Waals surface area contributed by atoms with E-state index in [4.69, 9.17) is 55.9 Å². The van der Waals surface area contributed by atoms with Crippen LogP contribution < -0.4 is 9.47 Å². The van der Waals surface area contributed by atoms with E-state index in [0.29, 0.717) is 0 Å². The molecule has 2 aromatic rings. The molecule has 0 aliphatic carbocycles. The summed E-state index contributed by atoms with van der Waals surface area (Å²) in [5.41, 5.74) is 0. The van der Waals surface area contributed by atoms with Crippen molar-refractivity contribution >= 4 is 69.1 Å². The number of halogens is 4. The third kappa shape index (κ3) is 3.52. The van der Waals surface area contributed by atoms with Gasteiger partial charge in [0.05, 0.1) is 30.9 Å². The molecule has 24 heavy (non-hydrogen) atoms. The van der Waals surface area contributed by atoms with E-state index in [1.807, 2.05) is 0 Å². The van der Waals surface area contributed by atoms with Gasteiger partial charge in [-0.15, -0.1) is 0 Å². The van der Waals surface area contributed by atoms with Crippen LogP contribution in [-0.4, -0.2) is 11.9 Å². The molecule has 2 rings (SSSR count). The van der Waals surface area contributed by atoms with Crippen LogP contribution in [-0.2, 0) is 9.59 Å². The molecule has 0 fully saturated rings. The highest BCUT2D eigenvalue weighted by molar-refractivity contribution is 6.46. The molecule has 8 heteroatoms. The molecule has 0 saturated heterocycles. The van der Waals surface area contributed by atoms with Crippen LogP contribution in [0.25, 0.3) is 10.8 Å². The van der Waals surface area contributed by atoms with Gasteiger partial charge < -0.3 is 9.47 Å². The van der Waals surface area contributed by atoms with Crippen molar-refractivity contribution in [1.82, 2.24) is 0 Å². The van der Waals surface area contributed by atoms with Crippen molar-refractivity contribution in [3.05, 3.63) is 57.5 Å². The van der Waals surface area contributed by atoms with Crippen molar-refractivity contribution < 1.29 is 19.1 Å². The van der Waals surface area contributed by atoms with Crippen LogP contribution in [0.3, 0.4) is 0 Å². The van der Waals surface area contributed by atoms with Gasteiger partial charge in [-0.3, -0.25) is 0 Å². The molecule has 4 nitrogen and oxygen atoms in total. The molecule has 2 aromatic carbocycles. The van der Waals surface area contributed by atoms with E-state index in [0.717, 1.165) is 12.2 Å². The Morgan fingerprint density at radius 2 is 1.08 bits per heavy atom. The molecule has 124 valence electrons. The van der Waals surface area contributed by atoms with Gasteiger partial charge in [0.2, 0.25) is 0 Å². The van der Waals surface area contributed by atoms with Crippen LogP contribution in [0, 0.1) is 0 Å². The number of esters is 2. The zero-order valence-corrected chi connectivity index (χ0v) is 14.9. The van der Waals surface area contributed by atoms with Gasteiger partial charge in [0, 0.05) is 12.2 Å². The highest BCUT2D eigenvalue weighted by Crippen LogP contribution is 2.48. The third-order valence-corrected chi connectivity index (χ3v) is 4.02. The fraction of sp³-hybridized carbons (Fsp3) is 0. The number of hydrogen-bond acceptors (Lipinski definition) is 4. The highest BCUT2D eigenvalue weighted by atomic mass is 35.5. The summed E-state index contributed by atoms with van der Waals surface area (Å²) >= 11 is 24.6. The van der Waals surface area contributed by atoms with Crippen molar-refractivity contribution in [2.75, 3.05) is 0 Å². The van der Waals surface area contributed by atoms with Crippen LogP contribution in [0.4, 0.5) is 0 Å². The quantitative estimate of drug-likeness (QED) is 0.375. The minimum absolute atomic E-state index is 0.0351. The van der Waals surface area contributed by atoms with Crippen LogP contribution in [0.5, 0.6) is 11.5 Å². The maximum absolute atomic E-state index is 11.5. The summed E-state index contributed by atoms with van der Waals surface area (Å²) in [5, 5.41) is 0.608. The van der Waals surface area contributed by atoms with E-state index in [1.54, 1.807) is 0 Å². The molecule has 0 N–H and O–H groups in total. The minimum atomic E-state index is -0.754.